The highest BCUT2D eigenvalue weighted by atomic mass is 32.2. The van der Waals surface area contributed by atoms with Gasteiger partial charge in [-0.25, -0.2) is 17.2 Å². The first kappa shape index (κ1) is 20.4. The molecule has 0 atom stereocenters. The molecular weight excluding hydrogens is 386 g/mol. The standard InChI is InChI=1S/C20H22F2N2O3S/c1-13-6-7-16(12-14(13)2)28(26,27)24-10-8-15(9-11-24)20(25)23-19-17(21)4-3-5-18(19)22/h3-7,12,15H,8-11H2,1-2H3,(H,23,25). The van der Waals surface area contributed by atoms with Gasteiger partial charge in [0.1, 0.15) is 17.3 Å². The van der Waals surface area contributed by atoms with Crippen molar-refractivity contribution in [2.24, 2.45) is 5.92 Å². The van der Waals surface area contributed by atoms with E-state index in [1.54, 1.807) is 18.2 Å². The van der Waals surface area contributed by atoms with E-state index in [1.165, 1.54) is 10.4 Å². The van der Waals surface area contributed by atoms with Crippen molar-refractivity contribution in [3.63, 3.8) is 0 Å². The lowest BCUT2D eigenvalue weighted by Gasteiger charge is -2.30. The van der Waals surface area contributed by atoms with Crippen LogP contribution in [0.4, 0.5) is 14.5 Å². The van der Waals surface area contributed by atoms with Gasteiger partial charge in [-0.05, 0) is 62.1 Å². The number of aryl methyl sites for hydroxylation is 2. The summed E-state index contributed by atoms with van der Waals surface area (Å²) in [5, 5.41) is 2.29. The molecule has 0 unspecified atom stereocenters. The summed E-state index contributed by atoms with van der Waals surface area (Å²) in [4.78, 5) is 12.6. The fourth-order valence-electron chi connectivity index (χ4n) is 3.22. The molecule has 2 aromatic carbocycles. The molecule has 8 heteroatoms. The minimum absolute atomic E-state index is 0.174. The van der Waals surface area contributed by atoms with Gasteiger partial charge in [0.15, 0.2) is 0 Å². The van der Waals surface area contributed by atoms with Crippen LogP contribution in [0.3, 0.4) is 0 Å². The summed E-state index contributed by atoms with van der Waals surface area (Å²) < 4.78 is 54.4. The minimum atomic E-state index is -3.64. The first-order valence-electron chi connectivity index (χ1n) is 9.02. The molecule has 1 N–H and O–H groups in total. The van der Waals surface area contributed by atoms with Crippen LogP contribution in [0.2, 0.25) is 0 Å². The van der Waals surface area contributed by atoms with Crippen molar-refractivity contribution in [3.8, 4) is 0 Å². The number of carbonyl (C=O) groups is 1. The zero-order valence-electron chi connectivity index (χ0n) is 15.7. The van der Waals surface area contributed by atoms with Gasteiger partial charge in [0.2, 0.25) is 15.9 Å². The smallest absolute Gasteiger partial charge is 0.243 e. The highest BCUT2D eigenvalue weighted by Gasteiger charge is 2.32. The van der Waals surface area contributed by atoms with E-state index in [2.05, 4.69) is 5.32 Å². The maximum Gasteiger partial charge on any atom is 0.243 e. The van der Waals surface area contributed by atoms with Crippen LogP contribution in [0.5, 0.6) is 0 Å². The van der Waals surface area contributed by atoms with Crippen molar-refractivity contribution in [3.05, 3.63) is 59.2 Å². The number of hydrogen-bond donors (Lipinski definition) is 1. The van der Waals surface area contributed by atoms with Gasteiger partial charge >= 0.3 is 0 Å². The Morgan fingerprint density at radius 2 is 1.64 bits per heavy atom. The monoisotopic (exact) mass is 408 g/mol. The second-order valence-electron chi connectivity index (χ2n) is 7.01. The van der Waals surface area contributed by atoms with Gasteiger partial charge in [0.25, 0.3) is 0 Å². The number of nitrogens with zero attached hydrogens (tertiary/aromatic N) is 1. The predicted molar refractivity (Wildman–Crippen MR) is 102 cm³/mol. The lowest BCUT2D eigenvalue weighted by Crippen LogP contribution is -2.41. The molecule has 3 rings (SSSR count). The van der Waals surface area contributed by atoms with Gasteiger partial charge in [-0.15, -0.1) is 0 Å². The minimum Gasteiger partial charge on any atom is -0.321 e. The molecule has 0 spiro atoms. The van der Waals surface area contributed by atoms with Crippen LogP contribution in [0, 0.1) is 31.4 Å². The van der Waals surface area contributed by atoms with E-state index >= 15 is 0 Å². The van der Waals surface area contributed by atoms with Crippen LogP contribution >= 0.6 is 0 Å². The van der Waals surface area contributed by atoms with E-state index in [4.69, 9.17) is 0 Å². The number of carbonyl (C=O) groups excluding carboxylic acids is 1. The number of sulfonamides is 1. The molecule has 1 saturated heterocycles. The van der Waals surface area contributed by atoms with Crippen molar-refractivity contribution < 1.29 is 22.0 Å². The normalized spacial score (nSPS) is 16.1. The van der Waals surface area contributed by atoms with E-state index in [1.807, 2.05) is 13.8 Å². The Morgan fingerprint density at radius 3 is 2.21 bits per heavy atom. The van der Waals surface area contributed by atoms with E-state index in [9.17, 15) is 22.0 Å². The Morgan fingerprint density at radius 1 is 1.04 bits per heavy atom. The molecule has 28 heavy (non-hydrogen) atoms. The summed E-state index contributed by atoms with van der Waals surface area (Å²) in [5.74, 6) is -2.70. The predicted octanol–water partition coefficient (Wildman–Crippen LogP) is 3.62. The Labute approximate surface area is 163 Å². The number of hydrogen-bond acceptors (Lipinski definition) is 3. The van der Waals surface area contributed by atoms with Gasteiger partial charge in [0, 0.05) is 19.0 Å². The zero-order chi connectivity index (χ0) is 20.5. The Hall–Kier alpha value is -2.32. The summed E-state index contributed by atoms with van der Waals surface area (Å²) in [7, 11) is -3.64. The van der Waals surface area contributed by atoms with E-state index < -0.39 is 39.2 Å². The quantitative estimate of drug-likeness (QED) is 0.840. The topological polar surface area (TPSA) is 66.5 Å². The zero-order valence-corrected chi connectivity index (χ0v) is 16.5. The maximum absolute atomic E-state index is 13.7. The Kier molecular flexibility index (Phi) is 5.81. The average Bonchev–Trinajstić information content (AvgIpc) is 2.67. The number of piperidine rings is 1. The summed E-state index contributed by atoms with van der Waals surface area (Å²) >= 11 is 0. The lowest BCUT2D eigenvalue weighted by molar-refractivity contribution is -0.121. The maximum atomic E-state index is 13.7. The van der Waals surface area contributed by atoms with Crippen LogP contribution in [0.1, 0.15) is 24.0 Å². The summed E-state index contributed by atoms with van der Waals surface area (Å²) in [5.41, 5.74) is 1.43. The summed E-state index contributed by atoms with van der Waals surface area (Å²) in [6, 6.07) is 8.35. The number of rotatable bonds is 4. The molecule has 1 fully saturated rings. The van der Waals surface area contributed by atoms with Crippen molar-refractivity contribution in [1.29, 1.82) is 0 Å². The fraction of sp³-hybridized carbons (Fsp3) is 0.350. The highest BCUT2D eigenvalue weighted by Crippen LogP contribution is 2.27. The number of para-hydroxylation sites is 1. The molecule has 1 amide bonds. The molecule has 1 aliphatic rings. The first-order valence-corrected chi connectivity index (χ1v) is 10.5. The van der Waals surface area contributed by atoms with Crippen LogP contribution < -0.4 is 5.32 Å². The molecule has 0 aromatic heterocycles. The molecule has 150 valence electrons. The largest absolute Gasteiger partial charge is 0.321 e. The third-order valence-electron chi connectivity index (χ3n) is 5.15. The van der Waals surface area contributed by atoms with E-state index in [0.29, 0.717) is 0 Å². The molecule has 0 bridgehead atoms. The van der Waals surface area contributed by atoms with Gasteiger partial charge in [-0.2, -0.15) is 4.31 Å². The third kappa shape index (κ3) is 4.07. The number of amides is 1. The van der Waals surface area contributed by atoms with Crippen LogP contribution in [0.25, 0.3) is 0 Å². The molecule has 2 aromatic rings. The van der Waals surface area contributed by atoms with Crippen molar-refractivity contribution in [2.75, 3.05) is 18.4 Å². The highest BCUT2D eigenvalue weighted by molar-refractivity contribution is 7.89. The van der Waals surface area contributed by atoms with Gasteiger partial charge in [0.05, 0.1) is 4.90 Å². The van der Waals surface area contributed by atoms with Gasteiger partial charge in [-0.1, -0.05) is 12.1 Å². The van der Waals surface area contributed by atoms with Crippen molar-refractivity contribution in [2.45, 2.75) is 31.6 Å². The Bertz CT molecular complexity index is 980. The van der Waals surface area contributed by atoms with Crippen LogP contribution in [0.15, 0.2) is 41.3 Å². The molecular formula is C20H22F2N2O3S. The molecule has 5 nitrogen and oxygen atoms in total. The average molecular weight is 408 g/mol. The lowest BCUT2D eigenvalue weighted by atomic mass is 9.97. The Balaban J connectivity index is 1.66. The van der Waals surface area contributed by atoms with Crippen molar-refractivity contribution >= 4 is 21.6 Å². The summed E-state index contributed by atoms with van der Waals surface area (Å²) in [6.45, 7) is 4.11. The number of anilines is 1. The van der Waals surface area contributed by atoms with Crippen LogP contribution in [-0.4, -0.2) is 31.7 Å². The number of halogens is 2. The third-order valence-corrected chi connectivity index (χ3v) is 7.05. The molecule has 1 aliphatic heterocycles. The van der Waals surface area contributed by atoms with Gasteiger partial charge in [-0.3, -0.25) is 4.79 Å². The molecule has 0 radical (unpaired) electrons. The second kappa shape index (κ2) is 7.97. The fourth-order valence-corrected chi connectivity index (χ4v) is 4.78. The SMILES string of the molecule is Cc1ccc(S(=O)(=O)N2CCC(C(=O)Nc3c(F)cccc3F)CC2)cc1C. The van der Waals surface area contributed by atoms with E-state index in [0.717, 1.165) is 23.3 Å². The van der Waals surface area contributed by atoms with Crippen molar-refractivity contribution in [1.82, 2.24) is 4.31 Å². The number of benzene rings is 2. The van der Waals surface area contributed by atoms with Gasteiger partial charge < -0.3 is 5.32 Å². The second-order valence-corrected chi connectivity index (χ2v) is 8.95. The first-order chi connectivity index (χ1) is 13.2. The number of nitrogens with one attached hydrogen (secondary N) is 1. The van der Waals surface area contributed by atoms with E-state index in [-0.39, 0.29) is 30.8 Å². The molecule has 1 heterocycles. The molecule has 0 aliphatic carbocycles. The molecule has 0 saturated carbocycles. The van der Waals surface area contributed by atoms with Crippen LogP contribution in [-0.2, 0) is 14.8 Å². The summed E-state index contributed by atoms with van der Waals surface area (Å²) in [6.07, 6.45) is 0.567.